The number of Topliss-reactive ketones (excluding diaryl/α,β-unsaturated/α-hetero) is 1. The number of aromatic nitrogens is 1. The van der Waals surface area contributed by atoms with Crippen LogP contribution >= 0.6 is 11.3 Å². The summed E-state index contributed by atoms with van der Waals surface area (Å²) < 4.78 is 10.8. The Labute approximate surface area is 162 Å². The van der Waals surface area contributed by atoms with Crippen LogP contribution in [0.1, 0.15) is 47.6 Å². The summed E-state index contributed by atoms with van der Waals surface area (Å²) in [4.78, 5) is 29.5. The molecule has 0 spiro atoms. The van der Waals surface area contributed by atoms with Gasteiger partial charge in [-0.2, -0.15) is 0 Å². The lowest BCUT2D eigenvalue weighted by molar-refractivity contribution is -0.118. The number of hydrogen-bond acceptors (Lipinski definition) is 6. The van der Waals surface area contributed by atoms with Crippen molar-refractivity contribution in [3.63, 3.8) is 0 Å². The van der Waals surface area contributed by atoms with Gasteiger partial charge in [0.2, 0.25) is 0 Å². The first-order valence-corrected chi connectivity index (χ1v) is 9.92. The molecule has 1 aromatic heterocycles. The van der Waals surface area contributed by atoms with Gasteiger partial charge >= 0.3 is 0 Å². The molecule has 0 bridgehead atoms. The van der Waals surface area contributed by atoms with Crippen LogP contribution in [0.2, 0.25) is 0 Å². The van der Waals surface area contributed by atoms with E-state index in [1.54, 1.807) is 29.5 Å². The van der Waals surface area contributed by atoms with E-state index in [9.17, 15) is 9.59 Å². The molecule has 0 fully saturated rings. The second-order valence-corrected chi connectivity index (χ2v) is 7.75. The standard InChI is InChI=1S/C20H24N2O4S/c1-4-13-5-7-15-18(9-13)27-20(21-15)22-19(24)11-26-16-8-6-14(12(2)23)10-17(16)25-3/h6,8,10,13H,4-5,7,9,11H2,1-3H3,(H,21,22,24). The Balaban J connectivity index is 1.59. The van der Waals surface area contributed by atoms with Crippen molar-refractivity contribution in [1.29, 1.82) is 0 Å². The number of methoxy groups -OCH3 is 1. The fourth-order valence-corrected chi connectivity index (χ4v) is 4.29. The molecule has 1 aliphatic rings. The third-order valence-electron chi connectivity index (χ3n) is 4.79. The molecule has 3 rings (SSSR count). The summed E-state index contributed by atoms with van der Waals surface area (Å²) in [5.74, 6) is 1.23. The van der Waals surface area contributed by atoms with Crippen molar-refractivity contribution in [2.75, 3.05) is 19.0 Å². The Kier molecular flexibility index (Phi) is 6.11. The second-order valence-electron chi connectivity index (χ2n) is 6.66. The van der Waals surface area contributed by atoms with Gasteiger partial charge in [0, 0.05) is 10.4 Å². The van der Waals surface area contributed by atoms with E-state index in [4.69, 9.17) is 9.47 Å². The van der Waals surface area contributed by atoms with Crippen LogP contribution in [0.5, 0.6) is 11.5 Å². The first-order chi connectivity index (χ1) is 13.0. The quantitative estimate of drug-likeness (QED) is 0.728. The molecule has 1 aliphatic carbocycles. The van der Waals surface area contributed by atoms with Gasteiger partial charge in [-0.1, -0.05) is 13.3 Å². The van der Waals surface area contributed by atoms with Crippen LogP contribution in [-0.2, 0) is 17.6 Å². The van der Waals surface area contributed by atoms with E-state index in [2.05, 4.69) is 17.2 Å². The number of aryl methyl sites for hydroxylation is 1. The lowest BCUT2D eigenvalue weighted by atomic mass is 9.89. The van der Waals surface area contributed by atoms with Crippen molar-refractivity contribution in [3.05, 3.63) is 34.3 Å². The molecular formula is C20H24N2O4S. The van der Waals surface area contributed by atoms with Crippen LogP contribution in [0.4, 0.5) is 5.13 Å². The van der Waals surface area contributed by atoms with Gasteiger partial charge in [-0.15, -0.1) is 11.3 Å². The van der Waals surface area contributed by atoms with Gasteiger partial charge < -0.3 is 9.47 Å². The molecule has 0 aliphatic heterocycles. The van der Waals surface area contributed by atoms with Crippen molar-refractivity contribution >= 4 is 28.2 Å². The number of fused-ring (bicyclic) bond motifs is 1. The monoisotopic (exact) mass is 388 g/mol. The smallest absolute Gasteiger partial charge is 0.264 e. The van der Waals surface area contributed by atoms with Crippen LogP contribution in [0, 0.1) is 5.92 Å². The molecule has 1 atom stereocenters. The maximum atomic E-state index is 12.2. The van der Waals surface area contributed by atoms with E-state index >= 15 is 0 Å². The van der Waals surface area contributed by atoms with E-state index in [-0.39, 0.29) is 18.3 Å². The number of carbonyl (C=O) groups excluding carboxylic acids is 2. The highest BCUT2D eigenvalue weighted by molar-refractivity contribution is 7.15. The molecule has 1 N–H and O–H groups in total. The van der Waals surface area contributed by atoms with Crippen molar-refractivity contribution < 1.29 is 19.1 Å². The van der Waals surface area contributed by atoms with Gasteiger partial charge in [-0.25, -0.2) is 4.98 Å². The fraction of sp³-hybridized carbons (Fsp3) is 0.450. The number of benzene rings is 1. The minimum Gasteiger partial charge on any atom is -0.493 e. The summed E-state index contributed by atoms with van der Waals surface area (Å²) in [6.45, 7) is 3.55. The highest BCUT2D eigenvalue weighted by Crippen LogP contribution is 2.33. The van der Waals surface area contributed by atoms with Crippen LogP contribution < -0.4 is 14.8 Å². The third kappa shape index (κ3) is 4.66. The molecule has 0 saturated heterocycles. The molecule has 0 radical (unpaired) electrons. The van der Waals surface area contributed by atoms with Crippen molar-refractivity contribution in [1.82, 2.24) is 4.98 Å². The van der Waals surface area contributed by atoms with Crippen LogP contribution in [-0.4, -0.2) is 30.4 Å². The summed E-state index contributed by atoms with van der Waals surface area (Å²) in [6, 6.07) is 4.89. The van der Waals surface area contributed by atoms with E-state index in [1.807, 2.05) is 0 Å². The molecule has 1 aromatic carbocycles. The zero-order chi connectivity index (χ0) is 19.4. The molecule has 7 heteroatoms. The average molecular weight is 388 g/mol. The van der Waals surface area contributed by atoms with Crippen molar-refractivity contribution in [2.45, 2.75) is 39.5 Å². The predicted molar refractivity (Wildman–Crippen MR) is 105 cm³/mol. The number of anilines is 1. The highest BCUT2D eigenvalue weighted by atomic mass is 32.1. The van der Waals surface area contributed by atoms with E-state index in [0.29, 0.717) is 22.2 Å². The van der Waals surface area contributed by atoms with Gasteiger partial charge in [0.25, 0.3) is 5.91 Å². The Bertz CT molecular complexity index is 847. The number of nitrogens with zero attached hydrogens (tertiary/aromatic N) is 1. The molecule has 27 heavy (non-hydrogen) atoms. The maximum absolute atomic E-state index is 12.2. The number of ketones is 1. The zero-order valence-corrected chi connectivity index (χ0v) is 16.6. The summed E-state index contributed by atoms with van der Waals surface area (Å²) >= 11 is 1.56. The molecule has 1 heterocycles. The molecule has 6 nitrogen and oxygen atoms in total. The summed E-state index contributed by atoms with van der Waals surface area (Å²) in [5, 5.41) is 3.45. The Morgan fingerprint density at radius 3 is 2.85 bits per heavy atom. The Morgan fingerprint density at radius 1 is 1.33 bits per heavy atom. The van der Waals surface area contributed by atoms with Crippen LogP contribution in [0.15, 0.2) is 18.2 Å². The normalized spacial score (nSPS) is 15.7. The molecule has 1 amide bonds. The minimum absolute atomic E-state index is 0.0596. The van der Waals surface area contributed by atoms with Gasteiger partial charge in [0.05, 0.1) is 12.8 Å². The summed E-state index contributed by atoms with van der Waals surface area (Å²) in [6.07, 6.45) is 4.38. The van der Waals surface area contributed by atoms with Crippen LogP contribution in [0.25, 0.3) is 0 Å². The number of hydrogen-bond donors (Lipinski definition) is 1. The molecule has 0 saturated carbocycles. The number of carbonyl (C=O) groups is 2. The minimum atomic E-state index is -0.272. The first kappa shape index (κ1) is 19.4. The Morgan fingerprint density at radius 2 is 2.15 bits per heavy atom. The summed E-state index contributed by atoms with van der Waals surface area (Å²) in [7, 11) is 1.50. The van der Waals surface area contributed by atoms with Gasteiger partial charge in [0.1, 0.15) is 0 Å². The average Bonchev–Trinajstić information content (AvgIpc) is 3.07. The topological polar surface area (TPSA) is 77.5 Å². The first-order valence-electron chi connectivity index (χ1n) is 9.10. The summed E-state index contributed by atoms with van der Waals surface area (Å²) in [5.41, 5.74) is 1.64. The zero-order valence-electron chi connectivity index (χ0n) is 15.8. The van der Waals surface area contributed by atoms with Gasteiger partial charge in [-0.3, -0.25) is 14.9 Å². The van der Waals surface area contributed by atoms with E-state index in [1.165, 1.54) is 31.8 Å². The highest BCUT2D eigenvalue weighted by Gasteiger charge is 2.22. The van der Waals surface area contributed by atoms with Gasteiger partial charge in [0.15, 0.2) is 29.0 Å². The Hall–Kier alpha value is -2.41. The predicted octanol–water partition coefficient (Wildman–Crippen LogP) is 3.89. The molecule has 2 aromatic rings. The SMILES string of the molecule is CCC1CCc2nc(NC(=O)COc3ccc(C(C)=O)cc3OC)sc2C1. The lowest BCUT2D eigenvalue weighted by Crippen LogP contribution is -2.20. The fourth-order valence-electron chi connectivity index (χ4n) is 3.15. The molecular weight excluding hydrogens is 364 g/mol. The van der Waals surface area contributed by atoms with Crippen molar-refractivity contribution in [2.24, 2.45) is 5.92 Å². The second kappa shape index (κ2) is 8.52. The third-order valence-corrected chi connectivity index (χ3v) is 5.83. The van der Waals surface area contributed by atoms with Crippen molar-refractivity contribution in [3.8, 4) is 11.5 Å². The molecule has 1 unspecified atom stereocenters. The number of rotatable bonds is 7. The number of nitrogens with one attached hydrogen (secondary N) is 1. The number of amides is 1. The molecule has 144 valence electrons. The number of ether oxygens (including phenoxy) is 2. The van der Waals surface area contributed by atoms with E-state index in [0.717, 1.165) is 24.5 Å². The van der Waals surface area contributed by atoms with Crippen LogP contribution in [0.3, 0.4) is 0 Å². The lowest BCUT2D eigenvalue weighted by Gasteiger charge is -2.18. The van der Waals surface area contributed by atoms with Gasteiger partial charge in [-0.05, 0) is 50.3 Å². The number of thiazole rings is 1. The van der Waals surface area contributed by atoms with E-state index < -0.39 is 0 Å². The largest absolute Gasteiger partial charge is 0.493 e. The maximum Gasteiger partial charge on any atom is 0.264 e.